The van der Waals surface area contributed by atoms with Gasteiger partial charge in [-0.2, -0.15) is 8.78 Å². The molecule has 4 heterocycles. The third-order valence-electron chi connectivity index (χ3n) is 6.30. The molecule has 0 radical (unpaired) electrons. The number of hydrogen-bond donors (Lipinski definition) is 4. The summed E-state index contributed by atoms with van der Waals surface area (Å²) in [5, 5.41) is 26.4. The number of pyridine rings is 2. The van der Waals surface area contributed by atoms with Crippen LogP contribution in [0.1, 0.15) is 27.5 Å². The fraction of sp³-hybridized carbons (Fsp3) is 0.107. The molecule has 1 atom stereocenters. The van der Waals surface area contributed by atoms with Gasteiger partial charge in [-0.05, 0) is 35.9 Å². The number of amides is 1. The Labute approximate surface area is 226 Å². The molecule has 0 aliphatic carbocycles. The van der Waals surface area contributed by atoms with Crippen LogP contribution in [0.3, 0.4) is 0 Å². The van der Waals surface area contributed by atoms with Crippen molar-refractivity contribution in [3.63, 3.8) is 0 Å². The number of halogens is 2. The van der Waals surface area contributed by atoms with Crippen LogP contribution in [0.2, 0.25) is 0 Å². The summed E-state index contributed by atoms with van der Waals surface area (Å²) in [4.78, 5) is 20.5. The quantitative estimate of drug-likeness (QED) is 0.203. The summed E-state index contributed by atoms with van der Waals surface area (Å²) in [6.45, 7) is -0.224. The van der Waals surface area contributed by atoms with Crippen LogP contribution in [-0.4, -0.2) is 37.8 Å². The molecule has 1 aliphatic heterocycles. The van der Waals surface area contributed by atoms with Crippen LogP contribution in [0, 0.1) is 0 Å². The molecule has 1 aliphatic rings. The van der Waals surface area contributed by atoms with E-state index in [1.54, 1.807) is 35.8 Å². The molecule has 3 aromatic heterocycles. The van der Waals surface area contributed by atoms with E-state index in [1.165, 1.54) is 24.4 Å². The lowest BCUT2D eigenvalue weighted by Crippen LogP contribution is -2.29. The van der Waals surface area contributed by atoms with Crippen molar-refractivity contribution in [1.29, 1.82) is 0 Å². The molecule has 40 heavy (non-hydrogen) atoms. The first kappa shape index (κ1) is 25.1. The van der Waals surface area contributed by atoms with Gasteiger partial charge in [-0.15, -0.1) is 10.2 Å². The van der Waals surface area contributed by atoms with Crippen molar-refractivity contribution in [3.05, 3.63) is 102 Å². The number of alkyl halides is 2. The zero-order valence-corrected chi connectivity index (χ0v) is 20.7. The molecule has 4 N–H and O–H groups in total. The third kappa shape index (κ3) is 4.83. The Kier molecular flexibility index (Phi) is 6.36. The van der Waals surface area contributed by atoms with Crippen molar-refractivity contribution in [3.8, 4) is 23.0 Å². The molecule has 200 valence electrons. The highest BCUT2D eigenvalue weighted by molar-refractivity contribution is 6.00. The fourth-order valence-corrected chi connectivity index (χ4v) is 4.35. The summed E-state index contributed by atoms with van der Waals surface area (Å²) in [5.41, 5.74) is 2.06. The van der Waals surface area contributed by atoms with Gasteiger partial charge in [-0.25, -0.2) is 4.98 Å². The van der Waals surface area contributed by atoms with E-state index < -0.39 is 23.6 Å². The molecule has 0 unspecified atom stereocenters. The highest BCUT2D eigenvalue weighted by Crippen LogP contribution is 2.37. The van der Waals surface area contributed by atoms with Gasteiger partial charge < -0.3 is 20.2 Å². The van der Waals surface area contributed by atoms with Crippen molar-refractivity contribution < 1.29 is 23.1 Å². The fourth-order valence-electron chi connectivity index (χ4n) is 4.35. The lowest BCUT2D eigenvalue weighted by Gasteiger charge is -2.20. The van der Waals surface area contributed by atoms with E-state index in [4.69, 9.17) is 4.42 Å². The van der Waals surface area contributed by atoms with Crippen LogP contribution in [0.15, 0.2) is 89.6 Å². The van der Waals surface area contributed by atoms with Gasteiger partial charge in [0.1, 0.15) is 11.5 Å². The predicted molar refractivity (Wildman–Crippen MR) is 142 cm³/mol. The number of benzene rings is 2. The molecular formula is C28H21F2N7O3. The maximum absolute atomic E-state index is 14.2. The van der Waals surface area contributed by atoms with E-state index in [2.05, 4.69) is 30.8 Å². The normalized spacial score (nSPS) is 14.3. The van der Waals surface area contributed by atoms with Crippen LogP contribution in [-0.2, 0) is 6.05 Å². The Morgan fingerprint density at radius 1 is 0.950 bits per heavy atom. The predicted octanol–water partition coefficient (Wildman–Crippen LogP) is 4.88. The Balaban J connectivity index is 1.36. The number of nitrogens with zero attached hydrogens (tertiary/aromatic N) is 4. The van der Waals surface area contributed by atoms with Gasteiger partial charge in [0.2, 0.25) is 0 Å². The van der Waals surface area contributed by atoms with E-state index in [9.17, 15) is 18.7 Å². The molecule has 5 aromatic rings. The van der Waals surface area contributed by atoms with Crippen molar-refractivity contribution in [2.45, 2.75) is 12.1 Å². The number of aromatic nitrogens is 4. The van der Waals surface area contributed by atoms with E-state index in [-0.39, 0.29) is 24.0 Å². The number of aliphatic hydroxyl groups is 1. The molecular weight excluding hydrogens is 520 g/mol. The van der Waals surface area contributed by atoms with Gasteiger partial charge >= 0.3 is 6.05 Å². The van der Waals surface area contributed by atoms with Crippen molar-refractivity contribution in [1.82, 2.24) is 25.5 Å². The zero-order valence-electron chi connectivity index (χ0n) is 20.7. The van der Waals surface area contributed by atoms with Crippen LogP contribution < -0.4 is 16.0 Å². The topological polar surface area (TPSA) is 138 Å². The molecule has 0 saturated carbocycles. The Bertz CT molecular complexity index is 1680. The number of rotatable bonds is 8. The Morgan fingerprint density at radius 3 is 2.52 bits per heavy atom. The number of nitrogens with one attached hydrogen (secondary N) is 3. The molecule has 0 fully saturated rings. The maximum atomic E-state index is 14.2. The molecule has 1 amide bonds. The molecule has 12 heteroatoms. The van der Waals surface area contributed by atoms with Crippen molar-refractivity contribution in [2.75, 3.05) is 17.2 Å². The minimum atomic E-state index is -3.47. The van der Waals surface area contributed by atoms with E-state index >= 15 is 0 Å². The second kappa shape index (κ2) is 10.2. The summed E-state index contributed by atoms with van der Waals surface area (Å²) in [6, 6.07) is 16.4. The van der Waals surface area contributed by atoms with Crippen LogP contribution in [0.5, 0.6) is 0 Å². The minimum Gasteiger partial charge on any atom is -0.414 e. The molecule has 0 saturated heterocycles. The smallest absolute Gasteiger partial charge is 0.353 e. The zero-order chi connectivity index (χ0) is 27.7. The highest BCUT2D eigenvalue weighted by Gasteiger charge is 2.44. The van der Waals surface area contributed by atoms with Crippen LogP contribution in [0.4, 0.5) is 26.0 Å². The van der Waals surface area contributed by atoms with Gasteiger partial charge in [0.25, 0.3) is 17.7 Å². The van der Waals surface area contributed by atoms with Crippen LogP contribution >= 0.6 is 0 Å². The molecule has 0 spiro atoms. The number of aliphatic hydroxyl groups excluding tert-OH is 1. The SMILES string of the molecule is O=C1NC(F)(F)c2cc(Nc3cc(N[C@H](CO)c4ccccc4)c(-c4nnc(-c5ccccn5)o4)cn3)ccc21. The second-order valence-electron chi connectivity index (χ2n) is 8.95. The first-order valence-corrected chi connectivity index (χ1v) is 12.2. The lowest BCUT2D eigenvalue weighted by molar-refractivity contribution is -0.0241. The van der Waals surface area contributed by atoms with Crippen LogP contribution in [0.25, 0.3) is 23.0 Å². The lowest BCUT2D eigenvalue weighted by atomic mass is 10.1. The second-order valence-corrected chi connectivity index (χ2v) is 8.95. The maximum Gasteiger partial charge on any atom is 0.353 e. The minimum absolute atomic E-state index is 0.0880. The number of carbonyl (C=O) groups excluding carboxylic acids is 1. The van der Waals surface area contributed by atoms with Gasteiger partial charge in [0, 0.05) is 24.1 Å². The van der Waals surface area contributed by atoms with Crippen molar-refractivity contribution >= 4 is 23.1 Å². The summed E-state index contributed by atoms with van der Waals surface area (Å²) in [5.74, 6) is -0.149. The highest BCUT2D eigenvalue weighted by atomic mass is 19.3. The summed E-state index contributed by atoms with van der Waals surface area (Å²) >= 11 is 0. The molecule has 10 nitrogen and oxygen atoms in total. The van der Waals surface area contributed by atoms with E-state index in [0.717, 1.165) is 5.56 Å². The van der Waals surface area contributed by atoms with E-state index in [0.29, 0.717) is 28.5 Å². The standard InChI is InChI=1S/C28H21F2N7O3/c29-28(30)20-12-17(9-10-18(20)25(39)35-28)33-24-13-22(34-23(15-38)16-6-2-1-3-7-16)19(14-32-24)26-36-37-27(40-26)21-8-4-5-11-31-21/h1-14,23,38H,15H2,(H,35,39)(H2,32,33,34)/t23-/m1/s1. The average Bonchev–Trinajstić information content (AvgIpc) is 3.55. The van der Waals surface area contributed by atoms with Gasteiger partial charge in [0.15, 0.2) is 0 Å². The largest absolute Gasteiger partial charge is 0.414 e. The molecule has 6 rings (SSSR count). The summed E-state index contributed by atoms with van der Waals surface area (Å²) < 4.78 is 34.4. The number of anilines is 3. The molecule has 2 aromatic carbocycles. The number of hydrogen-bond acceptors (Lipinski definition) is 9. The first-order chi connectivity index (χ1) is 19.4. The van der Waals surface area contributed by atoms with Gasteiger partial charge in [-0.1, -0.05) is 36.4 Å². The molecule has 0 bridgehead atoms. The first-order valence-electron chi connectivity index (χ1n) is 12.2. The Morgan fingerprint density at radius 2 is 1.75 bits per heavy atom. The van der Waals surface area contributed by atoms with E-state index in [1.807, 2.05) is 30.3 Å². The summed E-state index contributed by atoms with van der Waals surface area (Å²) in [7, 11) is 0. The Hall–Kier alpha value is -5.23. The monoisotopic (exact) mass is 541 g/mol. The summed E-state index contributed by atoms with van der Waals surface area (Å²) in [6.07, 6.45) is 3.10. The van der Waals surface area contributed by atoms with Crippen molar-refractivity contribution in [2.24, 2.45) is 0 Å². The third-order valence-corrected chi connectivity index (χ3v) is 6.30. The van der Waals surface area contributed by atoms with Gasteiger partial charge in [0.05, 0.1) is 35.0 Å². The number of fused-ring (bicyclic) bond motifs is 1. The van der Waals surface area contributed by atoms with Gasteiger partial charge in [-0.3, -0.25) is 15.1 Å². The average molecular weight is 542 g/mol. The number of carbonyl (C=O) groups is 1.